The molecule has 1 amide bonds. The fourth-order valence-corrected chi connectivity index (χ4v) is 4.51. The number of carboxylic acids is 1. The number of carbonyl (C=O) groups is 2. The number of carbonyl (C=O) groups excluding carboxylic acids is 1. The highest BCUT2D eigenvalue weighted by atomic mass is 32.1. The smallest absolute Gasteiger partial charge is 0.339 e. The van der Waals surface area contributed by atoms with Crippen LogP contribution >= 0.6 is 11.3 Å². The van der Waals surface area contributed by atoms with E-state index in [0.29, 0.717) is 10.8 Å². The minimum Gasteiger partial charge on any atom is -0.483 e. The number of hydrogen-bond donors (Lipinski definition) is 2. The fraction of sp³-hybridized carbons (Fsp3) is 0.368. The molecule has 1 aromatic heterocycles. The molecule has 0 saturated carbocycles. The van der Waals surface area contributed by atoms with Crippen LogP contribution in [0.1, 0.15) is 44.8 Å². The largest absolute Gasteiger partial charge is 0.483 e. The minimum atomic E-state index is -0.981. The van der Waals surface area contributed by atoms with Crippen LogP contribution in [0, 0.1) is 13.8 Å². The van der Waals surface area contributed by atoms with E-state index in [-0.39, 0.29) is 18.1 Å². The summed E-state index contributed by atoms with van der Waals surface area (Å²) in [6, 6.07) is 5.79. The normalized spacial score (nSPS) is 13.2. The van der Waals surface area contributed by atoms with Crippen LogP contribution < -0.4 is 10.1 Å². The zero-order chi connectivity index (χ0) is 18.0. The van der Waals surface area contributed by atoms with E-state index in [1.807, 2.05) is 32.0 Å². The van der Waals surface area contributed by atoms with E-state index in [2.05, 4.69) is 5.32 Å². The van der Waals surface area contributed by atoms with E-state index >= 15 is 0 Å². The first-order valence-corrected chi connectivity index (χ1v) is 9.15. The lowest BCUT2D eigenvalue weighted by atomic mass is 9.95. The Hall–Kier alpha value is -2.34. The van der Waals surface area contributed by atoms with Gasteiger partial charge in [-0.2, -0.15) is 0 Å². The van der Waals surface area contributed by atoms with E-state index in [9.17, 15) is 14.7 Å². The number of aryl methyl sites for hydroxylation is 3. The number of benzene rings is 1. The van der Waals surface area contributed by atoms with E-state index in [0.717, 1.165) is 47.3 Å². The van der Waals surface area contributed by atoms with Crippen LogP contribution in [0.2, 0.25) is 0 Å². The van der Waals surface area contributed by atoms with Crippen LogP contribution in [-0.2, 0) is 17.6 Å². The molecule has 25 heavy (non-hydrogen) atoms. The predicted octanol–water partition coefficient (Wildman–Crippen LogP) is 3.96. The highest BCUT2D eigenvalue weighted by molar-refractivity contribution is 7.17. The highest BCUT2D eigenvalue weighted by Gasteiger charge is 2.26. The lowest BCUT2D eigenvalue weighted by molar-refractivity contribution is -0.118. The Balaban J connectivity index is 1.73. The highest BCUT2D eigenvalue weighted by Crippen LogP contribution is 2.38. The van der Waals surface area contributed by atoms with Crippen molar-refractivity contribution in [1.82, 2.24) is 0 Å². The molecule has 1 aromatic carbocycles. The van der Waals surface area contributed by atoms with Crippen LogP contribution in [0.4, 0.5) is 5.00 Å². The molecule has 0 radical (unpaired) electrons. The molecule has 132 valence electrons. The number of nitrogens with one attached hydrogen (secondary N) is 1. The number of ether oxygens (including phenoxy) is 1. The summed E-state index contributed by atoms with van der Waals surface area (Å²) in [4.78, 5) is 25.0. The van der Waals surface area contributed by atoms with Gasteiger partial charge in [0.2, 0.25) is 0 Å². The molecule has 1 heterocycles. The zero-order valence-corrected chi connectivity index (χ0v) is 15.2. The Labute approximate surface area is 150 Å². The maximum absolute atomic E-state index is 12.3. The van der Waals surface area contributed by atoms with E-state index in [1.54, 1.807) is 0 Å². The molecule has 0 saturated heterocycles. The van der Waals surface area contributed by atoms with E-state index in [4.69, 9.17) is 4.74 Å². The van der Waals surface area contributed by atoms with Gasteiger partial charge in [0.1, 0.15) is 10.8 Å². The van der Waals surface area contributed by atoms with Gasteiger partial charge in [-0.25, -0.2) is 4.79 Å². The van der Waals surface area contributed by atoms with E-state index in [1.165, 1.54) is 11.3 Å². The Morgan fingerprint density at radius 3 is 2.56 bits per heavy atom. The number of thiophene rings is 1. The van der Waals surface area contributed by atoms with Crippen molar-refractivity contribution < 1.29 is 19.4 Å². The lowest BCUT2D eigenvalue weighted by Crippen LogP contribution is -2.21. The van der Waals surface area contributed by atoms with Gasteiger partial charge in [0.15, 0.2) is 6.61 Å². The Morgan fingerprint density at radius 1 is 1.20 bits per heavy atom. The van der Waals surface area contributed by atoms with Crippen molar-refractivity contribution in [2.24, 2.45) is 0 Å². The van der Waals surface area contributed by atoms with Crippen molar-refractivity contribution in [1.29, 1.82) is 0 Å². The summed E-state index contributed by atoms with van der Waals surface area (Å²) in [6.45, 7) is 3.71. The van der Waals surface area contributed by atoms with Crippen LogP contribution in [-0.4, -0.2) is 23.6 Å². The molecule has 0 bridgehead atoms. The van der Waals surface area contributed by atoms with E-state index < -0.39 is 5.97 Å². The van der Waals surface area contributed by atoms with Crippen molar-refractivity contribution in [3.63, 3.8) is 0 Å². The monoisotopic (exact) mass is 359 g/mol. The quantitative estimate of drug-likeness (QED) is 0.847. The molecule has 0 atom stereocenters. The maximum atomic E-state index is 12.3. The average molecular weight is 359 g/mol. The average Bonchev–Trinajstić information content (AvgIpc) is 2.92. The van der Waals surface area contributed by atoms with Crippen LogP contribution in [0.15, 0.2) is 18.2 Å². The molecule has 1 aliphatic rings. The van der Waals surface area contributed by atoms with Crippen molar-refractivity contribution in [2.45, 2.75) is 39.5 Å². The molecule has 5 nitrogen and oxygen atoms in total. The number of fused-ring (bicyclic) bond motifs is 1. The molecule has 1 aliphatic carbocycles. The minimum absolute atomic E-state index is 0.146. The van der Waals surface area contributed by atoms with Crippen LogP contribution in [0.25, 0.3) is 0 Å². The summed E-state index contributed by atoms with van der Waals surface area (Å²) in [5, 5.41) is 12.7. The first-order chi connectivity index (χ1) is 12.0. The Kier molecular flexibility index (Phi) is 5.08. The van der Waals surface area contributed by atoms with Crippen LogP contribution in [0.3, 0.4) is 0 Å². The van der Waals surface area contributed by atoms with Gasteiger partial charge in [-0.15, -0.1) is 11.3 Å². The summed E-state index contributed by atoms with van der Waals surface area (Å²) < 4.78 is 5.65. The lowest BCUT2D eigenvalue weighted by Gasteiger charge is -2.12. The number of amides is 1. The Morgan fingerprint density at radius 2 is 1.88 bits per heavy atom. The maximum Gasteiger partial charge on any atom is 0.339 e. The number of rotatable bonds is 5. The topological polar surface area (TPSA) is 75.6 Å². The first-order valence-electron chi connectivity index (χ1n) is 8.34. The first kappa shape index (κ1) is 17.5. The Bertz CT molecular complexity index is 805. The van der Waals surface area contributed by atoms with Gasteiger partial charge < -0.3 is 15.2 Å². The predicted molar refractivity (Wildman–Crippen MR) is 98.0 cm³/mol. The molecule has 0 fully saturated rings. The number of anilines is 1. The number of para-hydroxylation sites is 1. The molecular formula is C19H21NO4S. The third-order valence-corrected chi connectivity index (χ3v) is 5.60. The van der Waals surface area contributed by atoms with Crippen molar-refractivity contribution in [2.75, 3.05) is 11.9 Å². The summed E-state index contributed by atoms with van der Waals surface area (Å²) in [5.41, 5.74) is 3.06. The molecule has 6 heteroatoms. The van der Waals surface area contributed by atoms with Gasteiger partial charge in [0.25, 0.3) is 5.91 Å². The van der Waals surface area contributed by atoms with Gasteiger partial charge in [0.05, 0.1) is 5.56 Å². The van der Waals surface area contributed by atoms with Gasteiger partial charge in [0, 0.05) is 4.88 Å². The van der Waals surface area contributed by atoms with Crippen molar-refractivity contribution in [3.8, 4) is 5.75 Å². The molecule has 0 unspecified atom stereocenters. The van der Waals surface area contributed by atoms with Gasteiger partial charge >= 0.3 is 5.97 Å². The second kappa shape index (κ2) is 7.27. The van der Waals surface area contributed by atoms with Crippen molar-refractivity contribution >= 4 is 28.2 Å². The van der Waals surface area contributed by atoms with Gasteiger partial charge in [-0.1, -0.05) is 18.2 Å². The molecule has 2 N–H and O–H groups in total. The summed E-state index contributed by atoms with van der Waals surface area (Å²) in [6.07, 6.45) is 3.71. The zero-order valence-electron chi connectivity index (χ0n) is 14.3. The standard InChI is InChI=1S/C19H21NO4S/c1-11-6-5-7-12(2)17(11)24-10-15(21)20-18-16(19(22)23)13-8-3-4-9-14(13)25-18/h5-7H,3-4,8-10H2,1-2H3,(H,20,21)(H,22,23). The SMILES string of the molecule is Cc1cccc(C)c1OCC(=O)Nc1sc2c(c1C(=O)O)CCCC2. The second-order valence-corrected chi connectivity index (χ2v) is 7.38. The summed E-state index contributed by atoms with van der Waals surface area (Å²) in [7, 11) is 0. The molecule has 2 aromatic rings. The van der Waals surface area contributed by atoms with Gasteiger partial charge in [-0.3, -0.25) is 4.79 Å². The second-order valence-electron chi connectivity index (χ2n) is 6.28. The summed E-state index contributed by atoms with van der Waals surface area (Å²) >= 11 is 1.38. The molecule has 0 spiro atoms. The number of aromatic carboxylic acids is 1. The van der Waals surface area contributed by atoms with Crippen molar-refractivity contribution in [3.05, 3.63) is 45.3 Å². The third-order valence-electron chi connectivity index (χ3n) is 4.39. The molecule has 3 rings (SSSR count). The number of carboxylic acid groups (broad SMARTS) is 1. The van der Waals surface area contributed by atoms with Gasteiger partial charge in [-0.05, 0) is 56.2 Å². The number of hydrogen-bond acceptors (Lipinski definition) is 4. The fourth-order valence-electron chi connectivity index (χ4n) is 3.21. The van der Waals surface area contributed by atoms with Crippen LogP contribution in [0.5, 0.6) is 5.75 Å². The summed E-state index contributed by atoms with van der Waals surface area (Å²) in [5.74, 6) is -0.629. The molecule has 0 aliphatic heterocycles. The third kappa shape index (κ3) is 3.69. The molecular weight excluding hydrogens is 338 g/mol.